The molecule has 1 aliphatic rings. The molecular formula is C18H16N3+. The maximum Gasteiger partial charge on any atom is 0.269 e. The molecule has 3 heterocycles. The minimum atomic E-state index is -2.22. The first-order valence-electron chi connectivity index (χ1n) is 8.59. The van der Waals surface area contributed by atoms with Crippen molar-refractivity contribution in [2.75, 3.05) is 0 Å². The average molecular weight is 277 g/mol. The van der Waals surface area contributed by atoms with Crippen LogP contribution >= 0.6 is 0 Å². The first kappa shape index (κ1) is 8.67. The van der Waals surface area contributed by atoms with Crippen LogP contribution in [0.3, 0.4) is 0 Å². The molecule has 3 nitrogen and oxygen atoms in total. The number of fused-ring (bicyclic) bond motifs is 7. The maximum atomic E-state index is 8.06. The van der Waals surface area contributed by atoms with E-state index in [-0.39, 0.29) is 0 Å². The van der Waals surface area contributed by atoms with E-state index in [0.29, 0.717) is 6.54 Å². The summed E-state index contributed by atoms with van der Waals surface area (Å²) < 4.78 is 29.9. The predicted molar refractivity (Wildman–Crippen MR) is 84.1 cm³/mol. The fourth-order valence-electron chi connectivity index (χ4n) is 3.70. The Morgan fingerprint density at radius 2 is 1.86 bits per heavy atom. The van der Waals surface area contributed by atoms with Crippen LogP contribution in [0.1, 0.15) is 9.68 Å². The zero-order valence-corrected chi connectivity index (χ0v) is 11.7. The van der Waals surface area contributed by atoms with E-state index in [1.165, 1.54) is 15.7 Å². The Bertz CT molecular complexity index is 1130. The van der Waals surface area contributed by atoms with E-state index in [4.69, 9.17) is 4.11 Å². The third-order valence-electron chi connectivity index (χ3n) is 4.57. The molecule has 0 saturated heterocycles. The summed E-state index contributed by atoms with van der Waals surface area (Å²) in [6.07, 6.45) is 0. The molecule has 0 radical (unpaired) electrons. The summed E-state index contributed by atoms with van der Waals surface area (Å²) in [4.78, 5) is 0. The molecule has 1 aliphatic heterocycles. The summed E-state index contributed by atoms with van der Waals surface area (Å²) in [6, 6.07) is 16.0. The van der Waals surface area contributed by atoms with Gasteiger partial charge < -0.3 is 0 Å². The van der Waals surface area contributed by atoms with E-state index in [9.17, 15) is 0 Å². The molecule has 0 saturated carbocycles. The van der Waals surface area contributed by atoms with Crippen molar-refractivity contribution in [3.05, 3.63) is 54.1 Å². The van der Waals surface area contributed by atoms with Gasteiger partial charge in [0, 0.05) is 5.56 Å². The number of nitrogens with zero attached hydrogens (tertiary/aromatic N) is 3. The maximum absolute atomic E-state index is 8.06. The predicted octanol–water partition coefficient (Wildman–Crippen LogP) is 2.99. The van der Waals surface area contributed by atoms with Gasteiger partial charge in [0.15, 0.2) is 5.52 Å². The molecule has 2 aromatic carbocycles. The van der Waals surface area contributed by atoms with Gasteiger partial charge in [-0.3, -0.25) is 9.13 Å². The summed E-state index contributed by atoms with van der Waals surface area (Å²) in [5.74, 6) is 1.07. The van der Waals surface area contributed by atoms with Crippen molar-refractivity contribution in [2.24, 2.45) is 14.0 Å². The summed E-state index contributed by atoms with van der Waals surface area (Å²) in [7, 11) is 2.02. The smallest absolute Gasteiger partial charge is 0.259 e. The lowest BCUT2D eigenvalue weighted by Crippen LogP contribution is -2.33. The molecule has 4 aromatic rings. The molecule has 2 aromatic heterocycles. The first-order valence-corrected chi connectivity index (χ1v) is 7.09. The SMILES string of the molecule is [2H]C([2H])([2H])n1c2ccccc2c2c1[n+]1c(n2C)-c2ccccc2C1. The van der Waals surface area contributed by atoms with E-state index in [2.05, 4.69) is 21.3 Å². The zero-order valence-electron chi connectivity index (χ0n) is 14.7. The van der Waals surface area contributed by atoms with Gasteiger partial charge in [-0.2, -0.15) is 0 Å². The van der Waals surface area contributed by atoms with Crippen LogP contribution in [0.15, 0.2) is 48.5 Å². The van der Waals surface area contributed by atoms with E-state index in [1.54, 1.807) is 0 Å². The summed E-state index contributed by atoms with van der Waals surface area (Å²) in [5, 5.41) is 0.977. The van der Waals surface area contributed by atoms with E-state index < -0.39 is 6.98 Å². The fraction of sp³-hybridized carbons (Fsp3) is 0.167. The third-order valence-corrected chi connectivity index (χ3v) is 4.57. The Morgan fingerprint density at radius 3 is 2.76 bits per heavy atom. The molecule has 0 atom stereocenters. The minimum absolute atomic E-state index is 0.704. The molecular weight excluding hydrogens is 258 g/mol. The number of aryl methyl sites for hydroxylation is 2. The van der Waals surface area contributed by atoms with Crippen molar-refractivity contribution in [3.63, 3.8) is 0 Å². The highest BCUT2D eigenvalue weighted by Gasteiger charge is 2.33. The highest BCUT2D eigenvalue weighted by molar-refractivity contribution is 6.04. The molecule has 0 N–H and O–H groups in total. The van der Waals surface area contributed by atoms with Gasteiger partial charge in [0.05, 0.1) is 35.6 Å². The normalized spacial score (nSPS) is 15.8. The minimum Gasteiger partial charge on any atom is -0.259 e. The van der Waals surface area contributed by atoms with Gasteiger partial charge in [-0.15, -0.1) is 0 Å². The lowest BCUT2D eigenvalue weighted by atomic mass is 10.1. The number of hydrogen-bond acceptors (Lipinski definition) is 0. The van der Waals surface area contributed by atoms with Gasteiger partial charge in [-0.1, -0.05) is 30.3 Å². The quantitative estimate of drug-likeness (QED) is 0.386. The second-order valence-corrected chi connectivity index (χ2v) is 5.65. The molecule has 0 amide bonds. The van der Waals surface area contributed by atoms with Crippen LogP contribution < -0.4 is 4.57 Å². The summed E-state index contributed by atoms with van der Waals surface area (Å²) in [6.45, 7) is -1.52. The standard InChI is InChI=1S/C18H16N3/c1-19-15-10-6-5-9-14(15)16-18(19)21-11-12-7-3-4-8-13(12)17(21)20(16)2/h3-10H,11H2,1-2H3/q+1/i1D3. The number of aromatic nitrogens is 3. The molecule has 0 fully saturated rings. The lowest BCUT2D eigenvalue weighted by Gasteiger charge is -1.97. The Labute approximate surface area is 126 Å². The zero-order chi connectivity index (χ0) is 16.6. The molecule has 0 unspecified atom stereocenters. The molecule has 0 aliphatic carbocycles. The second kappa shape index (κ2) is 3.55. The van der Waals surface area contributed by atoms with Crippen molar-refractivity contribution >= 4 is 22.1 Å². The number of rotatable bonds is 0. The van der Waals surface area contributed by atoms with Crippen LogP contribution in [0, 0.1) is 0 Å². The first-order chi connectivity index (χ1) is 11.5. The Morgan fingerprint density at radius 1 is 1.05 bits per heavy atom. The van der Waals surface area contributed by atoms with Crippen LogP contribution in [-0.2, 0) is 20.6 Å². The van der Waals surface area contributed by atoms with E-state index in [1.807, 2.05) is 43.4 Å². The molecule has 0 spiro atoms. The summed E-state index contributed by atoms with van der Waals surface area (Å²) >= 11 is 0. The second-order valence-electron chi connectivity index (χ2n) is 5.65. The van der Waals surface area contributed by atoms with E-state index in [0.717, 1.165) is 27.9 Å². The highest BCUT2D eigenvalue weighted by atomic mass is 15.2. The van der Waals surface area contributed by atoms with Crippen molar-refractivity contribution in [3.8, 4) is 11.4 Å². The van der Waals surface area contributed by atoms with Crippen molar-refractivity contribution in [1.29, 1.82) is 0 Å². The van der Waals surface area contributed by atoms with Crippen molar-refractivity contribution in [2.45, 2.75) is 6.54 Å². The molecule has 0 bridgehead atoms. The molecule has 5 rings (SSSR count). The Hall–Kier alpha value is -2.55. The van der Waals surface area contributed by atoms with Gasteiger partial charge in [0.2, 0.25) is 5.82 Å². The average Bonchev–Trinajstić information content (AvgIpc) is 3.16. The largest absolute Gasteiger partial charge is 0.269 e. The van der Waals surface area contributed by atoms with Gasteiger partial charge in [0.25, 0.3) is 5.65 Å². The van der Waals surface area contributed by atoms with Gasteiger partial charge in [-0.05, 0) is 18.2 Å². The molecule has 21 heavy (non-hydrogen) atoms. The third kappa shape index (κ3) is 1.18. The van der Waals surface area contributed by atoms with E-state index >= 15 is 0 Å². The highest BCUT2D eigenvalue weighted by Crippen LogP contribution is 2.34. The lowest BCUT2D eigenvalue weighted by molar-refractivity contribution is -0.648. The topological polar surface area (TPSA) is 13.7 Å². The monoisotopic (exact) mass is 277 g/mol. The molecule has 102 valence electrons. The van der Waals surface area contributed by atoms with Crippen LogP contribution in [0.2, 0.25) is 0 Å². The summed E-state index contributed by atoms with van der Waals surface area (Å²) in [5.41, 5.74) is 4.91. The number of imidazole rings is 1. The Kier molecular flexibility index (Phi) is 1.47. The van der Waals surface area contributed by atoms with Crippen LogP contribution in [0.25, 0.3) is 33.5 Å². The van der Waals surface area contributed by atoms with Gasteiger partial charge in [0.1, 0.15) is 5.52 Å². The van der Waals surface area contributed by atoms with Gasteiger partial charge in [-0.25, -0.2) is 4.57 Å². The number of benzene rings is 2. The Balaban J connectivity index is 2.02. The van der Waals surface area contributed by atoms with Gasteiger partial charge >= 0.3 is 0 Å². The van der Waals surface area contributed by atoms with Crippen molar-refractivity contribution in [1.82, 2.24) is 9.13 Å². The van der Waals surface area contributed by atoms with Crippen LogP contribution in [0.4, 0.5) is 0 Å². The van der Waals surface area contributed by atoms with Crippen LogP contribution in [0.5, 0.6) is 0 Å². The number of para-hydroxylation sites is 1. The molecule has 3 heteroatoms. The fourth-order valence-corrected chi connectivity index (χ4v) is 3.70. The number of hydrogen-bond donors (Lipinski definition) is 0. The van der Waals surface area contributed by atoms with Crippen LogP contribution in [-0.4, -0.2) is 9.13 Å². The van der Waals surface area contributed by atoms with Crippen molar-refractivity contribution < 1.29 is 8.68 Å².